The number of allylic oxidation sites excluding steroid dienone is 4. The fourth-order valence-electron chi connectivity index (χ4n) is 9.91. The summed E-state index contributed by atoms with van der Waals surface area (Å²) in [6.07, 6.45) is 73.3. The predicted molar refractivity (Wildman–Crippen MR) is 306 cm³/mol. The van der Waals surface area contributed by atoms with Crippen molar-refractivity contribution in [3.05, 3.63) is 24.3 Å². The van der Waals surface area contributed by atoms with Crippen LogP contribution in [-0.4, -0.2) is 47.4 Å². The Morgan fingerprint density at radius 3 is 1.11 bits per heavy atom. The zero-order chi connectivity index (χ0) is 50.7. The Hall–Kier alpha value is -1.66. The van der Waals surface area contributed by atoms with Gasteiger partial charge in [0.15, 0.2) is 0 Å². The van der Waals surface area contributed by atoms with E-state index in [0.717, 1.165) is 51.4 Å². The lowest BCUT2D eigenvalue weighted by atomic mass is 10.0. The van der Waals surface area contributed by atoms with Crippen molar-refractivity contribution >= 4 is 11.9 Å². The number of aliphatic hydroxyl groups excluding tert-OH is 2. The van der Waals surface area contributed by atoms with E-state index >= 15 is 0 Å². The van der Waals surface area contributed by atoms with Crippen LogP contribution in [-0.2, 0) is 14.3 Å². The molecule has 0 aliphatic carbocycles. The van der Waals surface area contributed by atoms with Gasteiger partial charge in [-0.05, 0) is 57.8 Å². The molecule has 0 fully saturated rings. The molecule has 1 amide bonds. The van der Waals surface area contributed by atoms with Gasteiger partial charge in [0, 0.05) is 12.8 Å². The molecule has 2 unspecified atom stereocenters. The predicted octanol–water partition coefficient (Wildman–Crippen LogP) is 19.8. The minimum Gasteiger partial charge on any atom is -0.466 e. The summed E-state index contributed by atoms with van der Waals surface area (Å²) in [6, 6.07) is -0.541. The summed E-state index contributed by atoms with van der Waals surface area (Å²) in [5.41, 5.74) is 0. The average molecular weight is 987 g/mol. The fourth-order valence-corrected chi connectivity index (χ4v) is 9.91. The van der Waals surface area contributed by atoms with Crippen molar-refractivity contribution in [3.8, 4) is 0 Å². The van der Waals surface area contributed by atoms with E-state index in [2.05, 4.69) is 43.5 Å². The Labute approximate surface area is 437 Å². The summed E-state index contributed by atoms with van der Waals surface area (Å²) in [5, 5.41) is 23.3. The van der Waals surface area contributed by atoms with E-state index in [1.807, 2.05) is 0 Å². The highest BCUT2D eigenvalue weighted by Gasteiger charge is 2.20. The van der Waals surface area contributed by atoms with E-state index in [-0.39, 0.29) is 18.5 Å². The van der Waals surface area contributed by atoms with Crippen molar-refractivity contribution in [2.75, 3.05) is 13.2 Å². The molecule has 6 heteroatoms. The molecule has 0 rings (SSSR count). The molecule has 2 atom stereocenters. The van der Waals surface area contributed by atoms with Gasteiger partial charge in [0.05, 0.1) is 25.4 Å². The largest absolute Gasteiger partial charge is 0.466 e. The summed E-state index contributed by atoms with van der Waals surface area (Å²) in [6.45, 7) is 4.94. The maximum absolute atomic E-state index is 12.5. The van der Waals surface area contributed by atoms with Gasteiger partial charge < -0.3 is 20.3 Å². The summed E-state index contributed by atoms with van der Waals surface area (Å²) in [5.74, 6) is -0.0317. The Morgan fingerprint density at radius 1 is 0.400 bits per heavy atom. The van der Waals surface area contributed by atoms with Crippen LogP contribution in [0.4, 0.5) is 0 Å². The highest BCUT2D eigenvalue weighted by atomic mass is 16.5. The monoisotopic (exact) mass is 986 g/mol. The number of aliphatic hydroxyl groups is 2. The molecule has 6 nitrogen and oxygen atoms in total. The third-order valence-electron chi connectivity index (χ3n) is 14.8. The lowest BCUT2D eigenvalue weighted by Crippen LogP contribution is -2.45. The summed E-state index contributed by atoms with van der Waals surface area (Å²) in [4.78, 5) is 24.5. The molecule has 0 saturated heterocycles. The first-order valence-electron chi connectivity index (χ1n) is 31.6. The van der Waals surface area contributed by atoms with Gasteiger partial charge >= 0.3 is 5.97 Å². The molecular formula is C64H123NO5. The Balaban J connectivity index is 3.37. The van der Waals surface area contributed by atoms with Crippen molar-refractivity contribution in [2.45, 2.75) is 360 Å². The molecular weight excluding hydrogens is 863 g/mol. The van der Waals surface area contributed by atoms with Gasteiger partial charge in [0.2, 0.25) is 5.91 Å². The van der Waals surface area contributed by atoms with Crippen LogP contribution in [0.15, 0.2) is 24.3 Å². The Bertz CT molecular complexity index is 1090. The lowest BCUT2D eigenvalue weighted by molar-refractivity contribution is -0.143. The van der Waals surface area contributed by atoms with Crippen LogP contribution in [0.1, 0.15) is 348 Å². The third-order valence-corrected chi connectivity index (χ3v) is 14.8. The second-order valence-corrected chi connectivity index (χ2v) is 21.7. The van der Waals surface area contributed by atoms with E-state index in [4.69, 9.17) is 4.74 Å². The van der Waals surface area contributed by atoms with Crippen molar-refractivity contribution in [2.24, 2.45) is 0 Å². The maximum atomic E-state index is 12.5. The van der Waals surface area contributed by atoms with E-state index in [1.165, 1.54) is 263 Å². The quantitative estimate of drug-likeness (QED) is 0.0321. The SMILES string of the molecule is CCCCC/C=C\C/C=C\CCCCCCCC(=O)OCCCCCCCCCCCCCCCCCCCCCCCCCC(=O)NC(CO)C(O)CCCCCCCCCCCCCCCCC. The van der Waals surface area contributed by atoms with E-state index < -0.39 is 12.1 Å². The molecule has 0 aliphatic heterocycles. The molecule has 0 heterocycles. The normalized spacial score (nSPS) is 12.7. The zero-order valence-corrected chi connectivity index (χ0v) is 47.3. The van der Waals surface area contributed by atoms with Gasteiger partial charge in [-0.2, -0.15) is 0 Å². The van der Waals surface area contributed by atoms with Gasteiger partial charge in [-0.3, -0.25) is 9.59 Å². The van der Waals surface area contributed by atoms with Crippen LogP contribution in [0.25, 0.3) is 0 Å². The van der Waals surface area contributed by atoms with Crippen molar-refractivity contribution in [1.29, 1.82) is 0 Å². The fraction of sp³-hybridized carbons (Fsp3) is 0.906. The number of amides is 1. The molecule has 0 radical (unpaired) electrons. The minimum atomic E-state index is -0.663. The summed E-state index contributed by atoms with van der Waals surface area (Å²) >= 11 is 0. The molecule has 0 spiro atoms. The zero-order valence-electron chi connectivity index (χ0n) is 47.3. The van der Waals surface area contributed by atoms with Gasteiger partial charge in [0.25, 0.3) is 0 Å². The molecule has 0 aromatic heterocycles. The van der Waals surface area contributed by atoms with Crippen LogP contribution in [0.3, 0.4) is 0 Å². The number of hydrogen-bond acceptors (Lipinski definition) is 5. The molecule has 0 aromatic rings. The standard InChI is InChI=1S/C64H123NO5/c1-3-5-7-9-11-13-15-17-28-32-36-40-44-48-52-56-62(67)61(60-66)65-63(68)57-53-49-45-41-37-33-30-26-24-22-20-19-21-23-25-27-31-35-39-43-47-51-55-59-70-64(69)58-54-50-46-42-38-34-29-18-16-14-12-10-8-6-4-2/h12,14,18,29,61-62,66-67H,3-11,13,15-17,19-28,30-60H2,1-2H3,(H,65,68)/b14-12-,29-18-. The van der Waals surface area contributed by atoms with Crippen LogP contribution < -0.4 is 5.32 Å². The molecule has 0 aliphatic rings. The smallest absolute Gasteiger partial charge is 0.305 e. The summed E-state index contributed by atoms with van der Waals surface area (Å²) in [7, 11) is 0. The second-order valence-electron chi connectivity index (χ2n) is 21.7. The van der Waals surface area contributed by atoms with Crippen molar-refractivity contribution < 1.29 is 24.5 Å². The molecule has 3 N–H and O–H groups in total. The van der Waals surface area contributed by atoms with Gasteiger partial charge in [-0.1, -0.05) is 301 Å². The first-order valence-corrected chi connectivity index (χ1v) is 31.6. The number of esters is 1. The third kappa shape index (κ3) is 55.7. The number of nitrogens with one attached hydrogen (secondary N) is 1. The first kappa shape index (κ1) is 68.3. The number of ether oxygens (including phenoxy) is 1. The van der Waals surface area contributed by atoms with Crippen LogP contribution in [0.2, 0.25) is 0 Å². The summed E-state index contributed by atoms with van der Waals surface area (Å²) < 4.78 is 5.48. The minimum absolute atomic E-state index is 0.000830. The number of unbranched alkanes of at least 4 members (excludes halogenated alkanes) is 44. The van der Waals surface area contributed by atoms with Gasteiger partial charge in [-0.25, -0.2) is 0 Å². The number of rotatable bonds is 59. The van der Waals surface area contributed by atoms with Crippen LogP contribution in [0, 0.1) is 0 Å². The second kappa shape index (κ2) is 59.9. The maximum Gasteiger partial charge on any atom is 0.305 e. The van der Waals surface area contributed by atoms with E-state index in [1.54, 1.807) is 0 Å². The van der Waals surface area contributed by atoms with E-state index in [9.17, 15) is 19.8 Å². The lowest BCUT2D eigenvalue weighted by Gasteiger charge is -2.22. The molecule has 0 saturated carbocycles. The Kier molecular flexibility index (Phi) is 58.5. The van der Waals surface area contributed by atoms with Crippen LogP contribution >= 0.6 is 0 Å². The highest BCUT2D eigenvalue weighted by molar-refractivity contribution is 5.76. The molecule has 70 heavy (non-hydrogen) atoms. The molecule has 0 aromatic carbocycles. The average Bonchev–Trinajstić information content (AvgIpc) is 3.36. The number of hydrogen-bond donors (Lipinski definition) is 3. The van der Waals surface area contributed by atoms with Crippen LogP contribution in [0.5, 0.6) is 0 Å². The molecule has 414 valence electrons. The van der Waals surface area contributed by atoms with Gasteiger partial charge in [0.1, 0.15) is 0 Å². The topological polar surface area (TPSA) is 95.9 Å². The van der Waals surface area contributed by atoms with Crippen molar-refractivity contribution in [1.82, 2.24) is 5.32 Å². The Morgan fingerprint density at radius 2 is 0.714 bits per heavy atom. The number of carbonyl (C=O) groups is 2. The van der Waals surface area contributed by atoms with Crippen molar-refractivity contribution in [3.63, 3.8) is 0 Å². The molecule has 0 bridgehead atoms. The number of carbonyl (C=O) groups excluding carboxylic acids is 2. The highest BCUT2D eigenvalue weighted by Crippen LogP contribution is 2.18. The first-order chi connectivity index (χ1) is 34.5. The van der Waals surface area contributed by atoms with Gasteiger partial charge in [-0.15, -0.1) is 0 Å². The van der Waals surface area contributed by atoms with E-state index in [0.29, 0.717) is 25.9 Å².